The van der Waals surface area contributed by atoms with Gasteiger partial charge in [0, 0.05) is 11.7 Å². The molecule has 2 aliphatic heterocycles. The number of hydrogen-bond donors (Lipinski definition) is 3. The molecule has 2 atom stereocenters. The monoisotopic (exact) mass is 484 g/mol. The third-order valence-corrected chi connectivity index (χ3v) is 7.86. The second-order valence-corrected chi connectivity index (χ2v) is 11.1. The summed E-state index contributed by atoms with van der Waals surface area (Å²) >= 11 is 0. The molecule has 4 rings (SSSR count). The van der Waals surface area contributed by atoms with Gasteiger partial charge in [0.2, 0.25) is 17.7 Å². The van der Waals surface area contributed by atoms with E-state index in [1.807, 2.05) is 32.0 Å². The fourth-order valence-electron chi connectivity index (χ4n) is 4.42. The molecule has 0 bridgehead atoms. The van der Waals surface area contributed by atoms with E-state index < -0.39 is 27.8 Å². The molecular weight excluding hydrogens is 456 g/mol. The normalized spacial score (nSPS) is 20.9. The zero-order valence-electron chi connectivity index (χ0n) is 19.1. The average Bonchev–Trinajstić information content (AvgIpc) is 3.10. The SMILES string of the molecule is Cc1ccc(NC(=O)C[C@@H]2C(=O)Nc3ccccc3N2CC(=O)N[C@H]2CCS(=O)(=O)C2)c(C)c1. The van der Waals surface area contributed by atoms with Gasteiger partial charge in [0.15, 0.2) is 9.84 Å². The summed E-state index contributed by atoms with van der Waals surface area (Å²) < 4.78 is 23.5. The number of amides is 3. The third kappa shape index (κ3) is 5.39. The summed E-state index contributed by atoms with van der Waals surface area (Å²) in [7, 11) is -3.14. The number of sulfone groups is 1. The molecule has 2 heterocycles. The number of nitrogens with zero attached hydrogens (tertiary/aromatic N) is 1. The Hall–Kier alpha value is -3.40. The van der Waals surface area contributed by atoms with E-state index in [-0.39, 0.29) is 36.3 Å². The highest BCUT2D eigenvalue weighted by Crippen LogP contribution is 2.33. The smallest absolute Gasteiger partial charge is 0.247 e. The second kappa shape index (κ2) is 9.46. The van der Waals surface area contributed by atoms with Gasteiger partial charge in [0.25, 0.3) is 0 Å². The first kappa shape index (κ1) is 23.7. The summed E-state index contributed by atoms with van der Waals surface area (Å²) in [5.74, 6) is -1.16. The quantitative estimate of drug-likeness (QED) is 0.574. The first-order valence-corrected chi connectivity index (χ1v) is 13.0. The molecule has 3 N–H and O–H groups in total. The van der Waals surface area contributed by atoms with Crippen LogP contribution in [0.25, 0.3) is 0 Å². The Morgan fingerprint density at radius 2 is 1.88 bits per heavy atom. The standard InChI is InChI=1S/C24H28N4O5S/c1-15-7-8-18(16(2)11-15)26-22(29)12-21-24(31)27-19-5-3-4-6-20(19)28(21)13-23(30)25-17-9-10-34(32,33)14-17/h3-8,11,17,21H,9-10,12-14H2,1-2H3,(H,25,30)(H,26,29)(H,27,31)/t17-,21+/m0/s1. The number of anilines is 3. The van der Waals surface area contributed by atoms with Crippen molar-refractivity contribution in [1.29, 1.82) is 0 Å². The summed E-state index contributed by atoms with van der Waals surface area (Å²) in [6, 6.07) is 11.4. The van der Waals surface area contributed by atoms with Crippen LogP contribution >= 0.6 is 0 Å². The second-order valence-electron chi connectivity index (χ2n) is 8.89. The lowest BCUT2D eigenvalue weighted by molar-refractivity contribution is -0.123. The number of fused-ring (bicyclic) bond motifs is 1. The first-order chi connectivity index (χ1) is 16.1. The van der Waals surface area contributed by atoms with Crippen molar-refractivity contribution >= 4 is 44.6 Å². The highest BCUT2D eigenvalue weighted by Gasteiger charge is 2.36. The van der Waals surface area contributed by atoms with Crippen molar-refractivity contribution in [1.82, 2.24) is 5.32 Å². The molecule has 1 saturated heterocycles. The van der Waals surface area contributed by atoms with Crippen LogP contribution in [0.2, 0.25) is 0 Å². The zero-order valence-corrected chi connectivity index (χ0v) is 19.9. The maximum Gasteiger partial charge on any atom is 0.247 e. The summed E-state index contributed by atoms with van der Waals surface area (Å²) in [5, 5.41) is 8.43. The number of hydrogen-bond acceptors (Lipinski definition) is 6. The highest BCUT2D eigenvalue weighted by molar-refractivity contribution is 7.91. The largest absolute Gasteiger partial charge is 0.351 e. The maximum atomic E-state index is 12.9. The average molecular weight is 485 g/mol. The van der Waals surface area contributed by atoms with Crippen LogP contribution in [0.5, 0.6) is 0 Å². The van der Waals surface area contributed by atoms with Gasteiger partial charge in [-0.1, -0.05) is 29.8 Å². The molecule has 10 heteroatoms. The zero-order chi connectivity index (χ0) is 24.5. The molecule has 0 aromatic heterocycles. The van der Waals surface area contributed by atoms with Gasteiger partial charge >= 0.3 is 0 Å². The molecule has 2 aromatic rings. The van der Waals surface area contributed by atoms with E-state index in [0.29, 0.717) is 23.5 Å². The van der Waals surface area contributed by atoms with Crippen molar-refractivity contribution < 1.29 is 22.8 Å². The third-order valence-electron chi connectivity index (χ3n) is 6.10. The Bertz CT molecular complexity index is 1240. The van der Waals surface area contributed by atoms with Crippen LogP contribution in [0, 0.1) is 13.8 Å². The minimum absolute atomic E-state index is 0.0497. The molecule has 0 radical (unpaired) electrons. The Labute approximate surface area is 198 Å². The van der Waals surface area contributed by atoms with Crippen molar-refractivity contribution in [3.63, 3.8) is 0 Å². The number of aryl methyl sites for hydroxylation is 2. The Balaban J connectivity index is 1.51. The van der Waals surface area contributed by atoms with E-state index in [1.165, 1.54) is 0 Å². The van der Waals surface area contributed by atoms with Gasteiger partial charge in [0.05, 0.1) is 35.8 Å². The molecule has 34 heavy (non-hydrogen) atoms. The summed E-state index contributed by atoms with van der Waals surface area (Å²) in [6.45, 7) is 3.68. The summed E-state index contributed by atoms with van der Waals surface area (Å²) in [4.78, 5) is 40.2. The van der Waals surface area contributed by atoms with Crippen LogP contribution in [0.4, 0.5) is 17.1 Å². The summed E-state index contributed by atoms with van der Waals surface area (Å²) in [5.41, 5.74) is 3.83. The molecule has 1 fully saturated rings. The minimum Gasteiger partial charge on any atom is -0.351 e. The lowest BCUT2D eigenvalue weighted by Crippen LogP contribution is -2.53. The number of carbonyl (C=O) groups excluding carboxylic acids is 3. The van der Waals surface area contributed by atoms with Crippen molar-refractivity contribution in [3.05, 3.63) is 53.6 Å². The predicted molar refractivity (Wildman–Crippen MR) is 131 cm³/mol. The van der Waals surface area contributed by atoms with E-state index in [4.69, 9.17) is 0 Å². The molecular formula is C24H28N4O5S. The van der Waals surface area contributed by atoms with Crippen LogP contribution < -0.4 is 20.9 Å². The fourth-order valence-corrected chi connectivity index (χ4v) is 6.09. The molecule has 0 saturated carbocycles. The van der Waals surface area contributed by atoms with E-state index in [9.17, 15) is 22.8 Å². The maximum absolute atomic E-state index is 12.9. The van der Waals surface area contributed by atoms with Gasteiger partial charge in [-0.2, -0.15) is 0 Å². The van der Waals surface area contributed by atoms with E-state index in [2.05, 4.69) is 16.0 Å². The van der Waals surface area contributed by atoms with E-state index in [1.54, 1.807) is 29.2 Å². The van der Waals surface area contributed by atoms with Crippen molar-refractivity contribution in [3.8, 4) is 0 Å². The Morgan fingerprint density at radius 1 is 1.12 bits per heavy atom. The van der Waals surface area contributed by atoms with Gasteiger partial charge in [-0.3, -0.25) is 14.4 Å². The van der Waals surface area contributed by atoms with E-state index >= 15 is 0 Å². The lowest BCUT2D eigenvalue weighted by Gasteiger charge is -2.37. The fraction of sp³-hybridized carbons (Fsp3) is 0.375. The van der Waals surface area contributed by atoms with Crippen LogP contribution in [0.3, 0.4) is 0 Å². The minimum atomic E-state index is -3.14. The molecule has 180 valence electrons. The van der Waals surface area contributed by atoms with Crippen LogP contribution in [0.15, 0.2) is 42.5 Å². The highest BCUT2D eigenvalue weighted by atomic mass is 32.2. The number of benzene rings is 2. The van der Waals surface area contributed by atoms with Gasteiger partial charge in [-0.05, 0) is 44.0 Å². The Kier molecular flexibility index (Phi) is 6.60. The van der Waals surface area contributed by atoms with Crippen LogP contribution in [-0.4, -0.2) is 56.3 Å². The molecule has 0 unspecified atom stereocenters. The topological polar surface area (TPSA) is 125 Å². The van der Waals surface area contributed by atoms with Gasteiger partial charge in [0.1, 0.15) is 6.04 Å². The van der Waals surface area contributed by atoms with Gasteiger partial charge in [-0.15, -0.1) is 0 Å². The van der Waals surface area contributed by atoms with Crippen LogP contribution in [0.1, 0.15) is 24.0 Å². The van der Waals surface area contributed by atoms with E-state index in [0.717, 1.165) is 11.1 Å². The number of para-hydroxylation sites is 2. The molecule has 9 nitrogen and oxygen atoms in total. The van der Waals surface area contributed by atoms with Crippen molar-refractivity contribution in [2.45, 2.75) is 38.8 Å². The lowest BCUT2D eigenvalue weighted by atomic mass is 10.0. The van der Waals surface area contributed by atoms with Gasteiger partial charge in [-0.25, -0.2) is 8.42 Å². The molecule has 0 aliphatic carbocycles. The molecule has 2 aliphatic rings. The molecule has 2 aromatic carbocycles. The predicted octanol–water partition coefficient (Wildman–Crippen LogP) is 1.76. The van der Waals surface area contributed by atoms with Crippen molar-refractivity contribution in [2.75, 3.05) is 33.6 Å². The van der Waals surface area contributed by atoms with Gasteiger partial charge < -0.3 is 20.9 Å². The molecule has 3 amide bonds. The summed E-state index contributed by atoms with van der Waals surface area (Å²) in [6.07, 6.45) is 0.214. The Morgan fingerprint density at radius 3 is 2.59 bits per heavy atom. The van der Waals surface area contributed by atoms with Crippen molar-refractivity contribution in [2.24, 2.45) is 0 Å². The first-order valence-electron chi connectivity index (χ1n) is 11.1. The number of nitrogens with one attached hydrogen (secondary N) is 3. The number of carbonyl (C=O) groups is 3. The number of rotatable bonds is 6. The molecule has 0 spiro atoms. The van der Waals surface area contributed by atoms with Crippen LogP contribution in [-0.2, 0) is 24.2 Å².